The van der Waals surface area contributed by atoms with Gasteiger partial charge in [0.1, 0.15) is 11.5 Å². The molecule has 0 aliphatic carbocycles. The van der Waals surface area contributed by atoms with Crippen molar-refractivity contribution in [3.8, 4) is 11.5 Å². The molecule has 0 fully saturated rings. The van der Waals surface area contributed by atoms with Crippen LogP contribution in [0.5, 0.6) is 11.5 Å². The third-order valence-electron chi connectivity index (χ3n) is 4.38. The van der Waals surface area contributed by atoms with E-state index in [1.165, 1.54) is 0 Å². The van der Waals surface area contributed by atoms with E-state index in [9.17, 15) is 9.59 Å². The van der Waals surface area contributed by atoms with Gasteiger partial charge in [0.05, 0.1) is 20.8 Å². The summed E-state index contributed by atoms with van der Waals surface area (Å²) in [5, 5.41) is 5.44. The average Bonchev–Trinajstić information content (AvgIpc) is 2.68. The minimum Gasteiger partial charge on any atom is -0.497 e. The first-order valence-electron chi connectivity index (χ1n) is 8.77. The van der Waals surface area contributed by atoms with Gasteiger partial charge >= 0.3 is 0 Å². The summed E-state index contributed by atoms with van der Waals surface area (Å²) >= 11 is 0. The lowest BCUT2D eigenvalue weighted by Gasteiger charge is -2.11. The van der Waals surface area contributed by atoms with Crippen LogP contribution in [-0.4, -0.2) is 39.1 Å². The number of benzene rings is 2. The Morgan fingerprint density at radius 1 is 0.926 bits per heavy atom. The quantitative estimate of drug-likeness (QED) is 0.748. The van der Waals surface area contributed by atoms with Gasteiger partial charge in [-0.05, 0) is 67.3 Å². The molecule has 0 aromatic heterocycles. The van der Waals surface area contributed by atoms with Crippen molar-refractivity contribution < 1.29 is 19.1 Å². The van der Waals surface area contributed by atoms with E-state index < -0.39 is 0 Å². The highest BCUT2D eigenvalue weighted by Gasteiger charge is 2.10. The maximum atomic E-state index is 12.1. The molecule has 0 heterocycles. The summed E-state index contributed by atoms with van der Waals surface area (Å²) in [6, 6.07) is 11.0. The average molecular weight is 370 g/mol. The van der Waals surface area contributed by atoms with E-state index >= 15 is 0 Å². The first-order chi connectivity index (χ1) is 12.9. The Balaban J connectivity index is 1.81. The molecule has 0 saturated heterocycles. The van der Waals surface area contributed by atoms with Gasteiger partial charge in [-0.1, -0.05) is 6.07 Å². The Morgan fingerprint density at radius 2 is 1.70 bits per heavy atom. The van der Waals surface area contributed by atoms with Gasteiger partial charge in [0.25, 0.3) is 5.91 Å². The summed E-state index contributed by atoms with van der Waals surface area (Å²) < 4.78 is 10.5. The number of amides is 2. The number of ether oxygens (including phenoxy) is 2. The third kappa shape index (κ3) is 5.74. The molecule has 0 spiro atoms. The predicted octanol–water partition coefficient (Wildman–Crippen LogP) is 2.41. The van der Waals surface area contributed by atoms with Crippen LogP contribution in [0.15, 0.2) is 36.4 Å². The van der Waals surface area contributed by atoms with Crippen LogP contribution in [0.3, 0.4) is 0 Å². The SMILES string of the molecule is COc1ccc(OC)c(CCNC(=O)CNC(=O)c2ccc(C)c(C)c2)c1. The van der Waals surface area contributed by atoms with Gasteiger partial charge < -0.3 is 20.1 Å². The Bertz CT molecular complexity index is 818. The van der Waals surface area contributed by atoms with E-state index in [0.717, 1.165) is 28.2 Å². The highest BCUT2D eigenvalue weighted by atomic mass is 16.5. The zero-order valence-electron chi connectivity index (χ0n) is 16.2. The molecule has 27 heavy (non-hydrogen) atoms. The summed E-state index contributed by atoms with van der Waals surface area (Å²) in [6.45, 7) is 4.30. The Hall–Kier alpha value is -3.02. The second-order valence-corrected chi connectivity index (χ2v) is 6.26. The molecule has 6 nitrogen and oxygen atoms in total. The molecule has 2 N–H and O–H groups in total. The van der Waals surface area contributed by atoms with E-state index in [4.69, 9.17) is 9.47 Å². The van der Waals surface area contributed by atoms with Crippen molar-refractivity contribution >= 4 is 11.8 Å². The van der Waals surface area contributed by atoms with E-state index in [1.54, 1.807) is 20.3 Å². The topological polar surface area (TPSA) is 76.7 Å². The van der Waals surface area contributed by atoms with Crippen molar-refractivity contribution in [3.63, 3.8) is 0 Å². The standard InChI is InChI=1S/C21H26N2O4/c1-14-5-6-17(11-15(14)2)21(25)23-13-20(24)22-10-9-16-12-18(26-3)7-8-19(16)27-4/h5-8,11-12H,9-10,13H2,1-4H3,(H,22,24)(H,23,25). The zero-order chi connectivity index (χ0) is 19.8. The molecule has 144 valence electrons. The third-order valence-corrected chi connectivity index (χ3v) is 4.38. The highest BCUT2D eigenvalue weighted by Crippen LogP contribution is 2.24. The molecule has 0 aliphatic heterocycles. The molecule has 0 atom stereocenters. The maximum absolute atomic E-state index is 12.1. The Labute approximate surface area is 159 Å². The number of carbonyl (C=O) groups excluding carboxylic acids is 2. The van der Waals surface area contributed by atoms with E-state index in [-0.39, 0.29) is 18.4 Å². The van der Waals surface area contributed by atoms with Crippen LogP contribution in [0.4, 0.5) is 0 Å². The lowest BCUT2D eigenvalue weighted by Crippen LogP contribution is -2.37. The second kappa shape index (κ2) is 9.62. The highest BCUT2D eigenvalue weighted by molar-refractivity contribution is 5.96. The molecule has 0 bridgehead atoms. The molecule has 2 aromatic rings. The fourth-order valence-corrected chi connectivity index (χ4v) is 2.62. The first-order valence-corrected chi connectivity index (χ1v) is 8.77. The van der Waals surface area contributed by atoms with E-state index in [1.807, 2.05) is 44.2 Å². The number of hydrogen-bond donors (Lipinski definition) is 2. The van der Waals surface area contributed by atoms with Crippen LogP contribution >= 0.6 is 0 Å². The molecular weight excluding hydrogens is 344 g/mol. The van der Waals surface area contributed by atoms with Crippen molar-refractivity contribution in [1.82, 2.24) is 10.6 Å². The summed E-state index contributed by atoms with van der Waals surface area (Å²) in [4.78, 5) is 24.1. The zero-order valence-corrected chi connectivity index (χ0v) is 16.2. The van der Waals surface area contributed by atoms with Gasteiger partial charge in [0.15, 0.2) is 0 Å². The lowest BCUT2D eigenvalue weighted by atomic mass is 10.1. The van der Waals surface area contributed by atoms with Gasteiger partial charge in [-0.3, -0.25) is 9.59 Å². The Kier molecular flexibility index (Phi) is 7.23. The van der Waals surface area contributed by atoms with Gasteiger partial charge in [0, 0.05) is 12.1 Å². The van der Waals surface area contributed by atoms with E-state index in [0.29, 0.717) is 18.5 Å². The van der Waals surface area contributed by atoms with Crippen molar-refractivity contribution in [3.05, 3.63) is 58.7 Å². The van der Waals surface area contributed by atoms with Gasteiger partial charge in [0.2, 0.25) is 5.91 Å². The van der Waals surface area contributed by atoms with Crippen LogP contribution in [0.2, 0.25) is 0 Å². The molecular formula is C21H26N2O4. The van der Waals surface area contributed by atoms with Crippen molar-refractivity contribution in [2.24, 2.45) is 0 Å². The van der Waals surface area contributed by atoms with Crippen molar-refractivity contribution in [1.29, 1.82) is 0 Å². The number of rotatable bonds is 8. The Morgan fingerprint density at radius 3 is 2.37 bits per heavy atom. The number of carbonyl (C=O) groups is 2. The molecule has 2 rings (SSSR count). The molecule has 2 amide bonds. The summed E-state index contributed by atoms with van der Waals surface area (Å²) in [6.07, 6.45) is 0.594. The number of nitrogens with one attached hydrogen (secondary N) is 2. The minimum absolute atomic E-state index is 0.0684. The molecule has 0 unspecified atom stereocenters. The van der Waals surface area contributed by atoms with Crippen LogP contribution in [-0.2, 0) is 11.2 Å². The molecule has 6 heteroatoms. The largest absolute Gasteiger partial charge is 0.497 e. The van der Waals surface area contributed by atoms with Gasteiger partial charge in [-0.25, -0.2) is 0 Å². The van der Waals surface area contributed by atoms with Crippen molar-refractivity contribution in [2.75, 3.05) is 27.3 Å². The van der Waals surface area contributed by atoms with Crippen LogP contribution in [0.1, 0.15) is 27.0 Å². The van der Waals surface area contributed by atoms with Crippen LogP contribution < -0.4 is 20.1 Å². The summed E-state index contributed by atoms with van der Waals surface area (Å²) in [7, 11) is 3.21. The predicted molar refractivity (Wildman–Crippen MR) is 105 cm³/mol. The summed E-state index contributed by atoms with van der Waals surface area (Å²) in [5.74, 6) is 0.975. The maximum Gasteiger partial charge on any atom is 0.251 e. The van der Waals surface area contributed by atoms with Crippen LogP contribution in [0.25, 0.3) is 0 Å². The second-order valence-electron chi connectivity index (χ2n) is 6.26. The van der Waals surface area contributed by atoms with Gasteiger partial charge in [-0.15, -0.1) is 0 Å². The fourth-order valence-electron chi connectivity index (χ4n) is 2.62. The molecule has 2 aromatic carbocycles. The molecule has 0 radical (unpaired) electrons. The monoisotopic (exact) mass is 370 g/mol. The first kappa shape index (κ1) is 20.3. The summed E-state index contributed by atoms with van der Waals surface area (Å²) in [5.41, 5.74) is 3.65. The minimum atomic E-state index is -0.261. The number of methoxy groups -OCH3 is 2. The number of aryl methyl sites for hydroxylation is 2. The molecule has 0 aliphatic rings. The van der Waals surface area contributed by atoms with Crippen molar-refractivity contribution in [2.45, 2.75) is 20.3 Å². The smallest absolute Gasteiger partial charge is 0.251 e. The van der Waals surface area contributed by atoms with Crippen LogP contribution in [0, 0.1) is 13.8 Å². The number of hydrogen-bond acceptors (Lipinski definition) is 4. The van der Waals surface area contributed by atoms with E-state index in [2.05, 4.69) is 10.6 Å². The lowest BCUT2D eigenvalue weighted by molar-refractivity contribution is -0.120. The normalized spacial score (nSPS) is 10.2. The molecule has 0 saturated carbocycles. The fraction of sp³-hybridized carbons (Fsp3) is 0.333. The van der Waals surface area contributed by atoms with Gasteiger partial charge in [-0.2, -0.15) is 0 Å².